The molecule has 12 heavy (non-hydrogen) atoms. The van der Waals surface area contributed by atoms with Crippen molar-refractivity contribution in [3.8, 4) is 0 Å². The molecule has 2 rings (SSSR count). The van der Waals surface area contributed by atoms with Crippen LogP contribution < -0.4 is 0 Å². The van der Waals surface area contributed by atoms with Crippen molar-refractivity contribution in [1.29, 1.82) is 0 Å². The molecule has 1 saturated carbocycles. The van der Waals surface area contributed by atoms with E-state index in [2.05, 4.69) is 9.59 Å². The smallest absolute Gasteiger partial charge is 0.139 e. The fraction of sp³-hybridized carbons (Fsp3) is 0.714. The highest BCUT2D eigenvalue weighted by Crippen LogP contribution is 2.25. The number of hydrogen-bond donors (Lipinski definition) is 0. The van der Waals surface area contributed by atoms with Gasteiger partial charge in [-0.25, -0.2) is 0 Å². The first-order chi connectivity index (χ1) is 5.86. The molecule has 1 aromatic heterocycles. The number of hydrogen-bond acceptors (Lipinski definition) is 4. The van der Waals surface area contributed by atoms with Crippen molar-refractivity contribution in [1.82, 2.24) is 9.59 Å². The van der Waals surface area contributed by atoms with Crippen LogP contribution in [0, 0.1) is 0 Å². The van der Waals surface area contributed by atoms with Gasteiger partial charge in [0.15, 0.2) is 0 Å². The van der Waals surface area contributed by atoms with Crippen LogP contribution in [0.4, 0.5) is 0 Å². The number of halogens is 1. The first-order valence-corrected chi connectivity index (χ1v) is 5.10. The Morgan fingerprint density at radius 3 is 2.92 bits per heavy atom. The van der Waals surface area contributed by atoms with Crippen molar-refractivity contribution in [2.45, 2.75) is 32.0 Å². The molecular formula is C7H9ClN2OS. The van der Waals surface area contributed by atoms with E-state index >= 15 is 0 Å². The second kappa shape index (κ2) is 3.68. The number of ether oxygens (including phenoxy) is 1. The maximum absolute atomic E-state index is 5.80. The first-order valence-electron chi connectivity index (χ1n) is 3.94. The molecule has 0 atom stereocenters. The van der Waals surface area contributed by atoms with Crippen LogP contribution in [0.25, 0.3) is 0 Å². The zero-order chi connectivity index (χ0) is 8.39. The lowest BCUT2D eigenvalue weighted by atomic mass is 9.96. The van der Waals surface area contributed by atoms with E-state index in [9.17, 15) is 0 Å². The highest BCUT2D eigenvalue weighted by atomic mass is 35.5. The molecule has 0 spiro atoms. The third-order valence-corrected chi connectivity index (χ3v) is 3.00. The summed E-state index contributed by atoms with van der Waals surface area (Å²) in [5, 5.41) is 3.86. The van der Waals surface area contributed by atoms with Crippen molar-refractivity contribution in [2.75, 3.05) is 0 Å². The molecule has 1 aromatic rings. The Bertz CT molecular complexity index is 262. The summed E-state index contributed by atoms with van der Waals surface area (Å²) in [6.07, 6.45) is 4.07. The van der Waals surface area contributed by atoms with E-state index in [-0.39, 0.29) is 0 Å². The van der Waals surface area contributed by atoms with E-state index in [0.29, 0.717) is 17.0 Å². The largest absolute Gasteiger partial charge is 0.372 e. The van der Waals surface area contributed by atoms with Gasteiger partial charge < -0.3 is 4.74 Å². The van der Waals surface area contributed by atoms with Crippen LogP contribution in [-0.4, -0.2) is 15.7 Å². The number of nitrogens with zero attached hydrogens (tertiary/aromatic N) is 2. The molecule has 66 valence electrons. The third-order valence-electron chi connectivity index (χ3n) is 2.02. The molecule has 0 saturated heterocycles. The van der Waals surface area contributed by atoms with Gasteiger partial charge in [-0.1, -0.05) is 16.1 Å². The quantitative estimate of drug-likeness (QED) is 0.758. The molecule has 0 N–H and O–H groups in total. The Balaban J connectivity index is 1.82. The second-order valence-electron chi connectivity index (χ2n) is 2.86. The first kappa shape index (κ1) is 8.41. The molecule has 0 aromatic carbocycles. The summed E-state index contributed by atoms with van der Waals surface area (Å²) in [6.45, 7) is 0.514. The lowest BCUT2D eigenvalue weighted by molar-refractivity contribution is -0.0100. The van der Waals surface area contributed by atoms with Gasteiger partial charge in [0, 0.05) is 11.5 Å². The average molecular weight is 205 g/mol. The summed E-state index contributed by atoms with van der Waals surface area (Å²) in [7, 11) is 0. The van der Waals surface area contributed by atoms with Crippen LogP contribution in [0.3, 0.4) is 0 Å². The predicted octanol–water partition coefficient (Wildman–Crippen LogP) is 2.26. The van der Waals surface area contributed by atoms with Gasteiger partial charge in [0.1, 0.15) is 10.0 Å². The number of rotatable bonds is 3. The third kappa shape index (κ3) is 1.76. The van der Waals surface area contributed by atoms with E-state index in [0.717, 1.165) is 5.69 Å². The Hall–Kier alpha value is -0.190. The Labute approximate surface area is 79.9 Å². The van der Waals surface area contributed by atoms with Crippen molar-refractivity contribution >= 4 is 23.1 Å². The van der Waals surface area contributed by atoms with Gasteiger partial charge in [-0.15, -0.1) is 5.10 Å². The van der Waals surface area contributed by atoms with Gasteiger partial charge >= 0.3 is 0 Å². The minimum Gasteiger partial charge on any atom is -0.372 e. The maximum atomic E-state index is 5.80. The molecule has 0 unspecified atom stereocenters. The molecule has 1 fully saturated rings. The van der Waals surface area contributed by atoms with E-state index in [1.54, 1.807) is 0 Å². The van der Waals surface area contributed by atoms with Gasteiger partial charge in [0.25, 0.3) is 0 Å². The van der Waals surface area contributed by atoms with Gasteiger partial charge in [0.05, 0.1) is 12.7 Å². The van der Waals surface area contributed by atoms with Crippen molar-refractivity contribution in [3.63, 3.8) is 0 Å². The molecular weight excluding hydrogens is 196 g/mol. The Morgan fingerprint density at radius 2 is 2.42 bits per heavy atom. The van der Waals surface area contributed by atoms with Gasteiger partial charge in [-0.3, -0.25) is 0 Å². The minimum absolute atomic E-state index is 0.433. The monoisotopic (exact) mass is 204 g/mol. The van der Waals surface area contributed by atoms with Gasteiger partial charge in [-0.2, -0.15) is 0 Å². The lowest BCUT2D eigenvalue weighted by Gasteiger charge is -2.24. The molecule has 1 aliphatic rings. The van der Waals surface area contributed by atoms with Crippen LogP contribution in [0.5, 0.6) is 0 Å². The SMILES string of the molecule is Clc1snnc1COC1CCC1. The molecule has 0 amide bonds. The Morgan fingerprint density at radius 1 is 1.58 bits per heavy atom. The molecule has 1 heterocycles. The molecule has 3 nitrogen and oxygen atoms in total. The fourth-order valence-corrected chi connectivity index (χ4v) is 1.62. The van der Waals surface area contributed by atoms with Crippen LogP contribution in [0.1, 0.15) is 25.0 Å². The molecule has 1 aliphatic carbocycles. The van der Waals surface area contributed by atoms with E-state index < -0.39 is 0 Å². The summed E-state index contributed by atoms with van der Waals surface area (Å²) in [6, 6.07) is 0. The highest BCUT2D eigenvalue weighted by molar-refractivity contribution is 7.10. The van der Waals surface area contributed by atoms with Gasteiger partial charge in [0.2, 0.25) is 0 Å². The normalized spacial score (nSPS) is 17.8. The van der Waals surface area contributed by atoms with Crippen LogP contribution >= 0.6 is 23.1 Å². The molecule has 0 aliphatic heterocycles. The summed E-state index contributed by atoms with van der Waals surface area (Å²) in [4.78, 5) is 0. The predicted molar refractivity (Wildman–Crippen MR) is 47.3 cm³/mol. The standard InChI is InChI=1S/C7H9ClN2OS/c8-7-6(9-10-12-7)4-11-5-2-1-3-5/h5H,1-4H2. The zero-order valence-corrected chi connectivity index (χ0v) is 8.07. The van der Waals surface area contributed by atoms with E-state index in [1.165, 1.54) is 30.8 Å². The van der Waals surface area contributed by atoms with Crippen molar-refractivity contribution < 1.29 is 4.74 Å². The highest BCUT2D eigenvalue weighted by Gasteiger charge is 2.18. The minimum atomic E-state index is 0.433. The summed E-state index contributed by atoms with van der Waals surface area (Å²) in [5.41, 5.74) is 0.772. The molecule has 0 bridgehead atoms. The molecule has 5 heteroatoms. The summed E-state index contributed by atoms with van der Waals surface area (Å²) >= 11 is 7.00. The topological polar surface area (TPSA) is 35.0 Å². The summed E-state index contributed by atoms with van der Waals surface area (Å²) in [5.74, 6) is 0. The van der Waals surface area contributed by atoms with E-state index in [1.807, 2.05) is 0 Å². The maximum Gasteiger partial charge on any atom is 0.139 e. The molecule has 0 radical (unpaired) electrons. The van der Waals surface area contributed by atoms with E-state index in [4.69, 9.17) is 16.3 Å². The second-order valence-corrected chi connectivity index (χ2v) is 4.21. The van der Waals surface area contributed by atoms with Crippen LogP contribution in [-0.2, 0) is 11.3 Å². The van der Waals surface area contributed by atoms with Crippen LogP contribution in [0.2, 0.25) is 4.34 Å². The average Bonchev–Trinajstić information content (AvgIpc) is 2.33. The van der Waals surface area contributed by atoms with Crippen molar-refractivity contribution in [3.05, 3.63) is 10.0 Å². The zero-order valence-electron chi connectivity index (χ0n) is 6.49. The van der Waals surface area contributed by atoms with Gasteiger partial charge in [-0.05, 0) is 19.3 Å². The van der Waals surface area contributed by atoms with Crippen LogP contribution in [0.15, 0.2) is 0 Å². The summed E-state index contributed by atoms with van der Waals surface area (Å²) < 4.78 is 9.89. The van der Waals surface area contributed by atoms with Crippen molar-refractivity contribution in [2.24, 2.45) is 0 Å². The number of aromatic nitrogens is 2. The lowest BCUT2D eigenvalue weighted by Crippen LogP contribution is -2.21. The Kier molecular flexibility index (Phi) is 2.58. The fourth-order valence-electron chi connectivity index (χ4n) is 1.02.